The Labute approximate surface area is 137 Å². The van der Waals surface area contributed by atoms with E-state index in [0.29, 0.717) is 23.7 Å². The molecule has 2 aliphatic rings. The highest BCUT2D eigenvalue weighted by Crippen LogP contribution is 2.46. The third kappa shape index (κ3) is 2.01. The first-order valence-corrected chi connectivity index (χ1v) is 7.77. The smallest absolute Gasteiger partial charge is 0.312 e. The van der Waals surface area contributed by atoms with Gasteiger partial charge < -0.3 is 14.2 Å². The van der Waals surface area contributed by atoms with E-state index < -0.39 is 0 Å². The quantitative estimate of drug-likeness (QED) is 0.508. The standard InChI is InChI=1S/C19H13NO4/c21-19-8-13(11-3-4-15-12(6-11)2-1-5-20-15)14-7-17-18(23-10-22-17)9-16(14)24-19/h1-7,9,13H,8,10H2. The first-order chi connectivity index (χ1) is 11.8. The molecule has 5 nitrogen and oxygen atoms in total. The number of carbonyl (C=O) groups is 1. The number of rotatable bonds is 1. The zero-order valence-corrected chi connectivity index (χ0v) is 12.7. The Hall–Kier alpha value is -3.08. The molecule has 0 spiro atoms. The van der Waals surface area contributed by atoms with Crippen LogP contribution in [0.4, 0.5) is 0 Å². The summed E-state index contributed by atoms with van der Waals surface area (Å²) in [5.74, 6) is 1.55. The van der Waals surface area contributed by atoms with Crippen molar-refractivity contribution in [1.29, 1.82) is 0 Å². The third-order valence-electron chi connectivity index (χ3n) is 4.50. The van der Waals surface area contributed by atoms with E-state index in [0.717, 1.165) is 22.0 Å². The third-order valence-corrected chi connectivity index (χ3v) is 4.50. The van der Waals surface area contributed by atoms with Crippen molar-refractivity contribution in [3.63, 3.8) is 0 Å². The van der Waals surface area contributed by atoms with Crippen molar-refractivity contribution in [3.8, 4) is 17.2 Å². The minimum Gasteiger partial charge on any atom is -0.454 e. The van der Waals surface area contributed by atoms with Crippen LogP contribution in [0.2, 0.25) is 0 Å². The van der Waals surface area contributed by atoms with Crippen molar-refractivity contribution < 1.29 is 19.0 Å². The average Bonchev–Trinajstić information content (AvgIpc) is 3.06. The van der Waals surface area contributed by atoms with Crippen LogP contribution in [0.15, 0.2) is 48.7 Å². The largest absolute Gasteiger partial charge is 0.454 e. The van der Waals surface area contributed by atoms with Crippen LogP contribution < -0.4 is 14.2 Å². The van der Waals surface area contributed by atoms with Gasteiger partial charge in [-0.05, 0) is 29.8 Å². The number of esters is 1. The summed E-state index contributed by atoms with van der Waals surface area (Å²) < 4.78 is 16.3. The molecule has 1 aromatic heterocycles. The van der Waals surface area contributed by atoms with E-state index in [1.807, 2.05) is 30.3 Å². The summed E-state index contributed by atoms with van der Waals surface area (Å²) in [7, 11) is 0. The van der Waals surface area contributed by atoms with Gasteiger partial charge in [-0.3, -0.25) is 9.78 Å². The van der Waals surface area contributed by atoms with Crippen LogP contribution in [0.25, 0.3) is 10.9 Å². The van der Waals surface area contributed by atoms with Crippen molar-refractivity contribution in [2.75, 3.05) is 6.79 Å². The summed E-state index contributed by atoms with van der Waals surface area (Å²) in [6.07, 6.45) is 2.08. The number of hydrogen-bond acceptors (Lipinski definition) is 5. The maximum atomic E-state index is 12.1. The monoisotopic (exact) mass is 319 g/mol. The number of ether oxygens (including phenoxy) is 3. The van der Waals surface area contributed by atoms with Crippen LogP contribution in [0.5, 0.6) is 17.2 Å². The zero-order valence-electron chi connectivity index (χ0n) is 12.7. The topological polar surface area (TPSA) is 57.7 Å². The van der Waals surface area contributed by atoms with Gasteiger partial charge >= 0.3 is 5.97 Å². The summed E-state index contributed by atoms with van der Waals surface area (Å²) in [4.78, 5) is 16.4. The molecular weight excluding hydrogens is 306 g/mol. The molecule has 1 atom stereocenters. The molecule has 0 aliphatic carbocycles. The fourth-order valence-corrected chi connectivity index (χ4v) is 3.35. The van der Waals surface area contributed by atoms with E-state index in [9.17, 15) is 4.79 Å². The van der Waals surface area contributed by atoms with Crippen LogP contribution >= 0.6 is 0 Å². The zero-order chi connectivity index (χ0) is 16.1. The number of fused-ring (bicyclic) bond motifs is 3. The second-order valence-corrected chi connectivity index (χ2v) is 5.93. The molecule has 0 saturated carbocycles. The van der Waals surface area contributed by atoms with Crippen molar-refractivity contribution in [2.24, 2.45) is 0 Å². The predicted octanol–water partition coefficient (Wildman–Crippen LogP) is 3.40. The van der Waals surface area contributed by atoms with Crippen molar-refractivity contribution in [3.05, 3.63) is 59.8 Å². The van der Waals surface area contributed by atoms with Crippen molar-refractivity contribution in [2.45, 2.75) is 12.3 Å². The van der Waals surface area contributed by atoms with Gasteiger partial charge in [-0.15, -0.1) is 0 Å². The molecule has 1 unspecified atom stereocenters. The minimum absolute atomic E-state index is 0.0691. The number of benzene rings is 2. The molecular formula is C19H13NO4. The van der Waals surface area contributed by atoms with E-state index in [2.05, 4.69) is 11.1 Å². The SMILES string of the molecule is O=C1CC(c2ccc3ncccc3c2)c2cc3c(cc2O1)OCO3. The van der Waals surface area contributed by atoms with E-state index in [1.165, 1.54) is 0 Å². The Morgan fingerprint density at radius 2 is 1.88 bits per heavy atom. The molecule has 2 aliphatic heterocycles. The molecule has 5 rings (SSSR count). The molecule has 2 aromatic carbocycles. The lowest BCUT2D eigenvalue weighted by molar-refractivity contribution is -0.135. The molecule has 3 heterocycles. The van der Waals surface area contributed by atoms with Crippen molar-refractivity contribution in [1.82, 2.24) is 4.98 Å². The maximum Gasteiger partial charge on any atom is 0.312 e. The second kappa shape index (κ2) is 4.96. The Bertz CT molecular complexity index is 982. The lowest BCUT2D eigenvalue weighted by Gasteiger charge is -2.25. The van der Waals surface area contributed by atoms with Gasteiger partial charge in [-0.1, -0.05) is 12.1 Å². The van der Waals surface area contributed by atoms with Gasteiger partial charge in [0.15, 0.2) is 11.5 Å². The fraction of sp³-hybridized carbons (Fsp3) is 0.158. The molecule has 0 saturated heterocycles. The van der Waals surface area contributed by atoms with Gasteiger partial charge in [0.1, 0.15) is 5.75 Å². The lowest BCUT2D eigenvalue weighted by atomic mass is 9.85. The van der Waals surface area contributed by atoms with Gasteiger partial charge in [0.2, 0.25) is 6.79 Å². The summed E-state index contributed by atoms with van der Waals surface area (Å²) >= 11 is 0. The normalized spacial score (nSPS) is 18.3. The van der Waals surface area contributed by atoms with E-state index in [-0.39, 0.29) is 18.7 Å². The average molecular weight is 319 g/mol. The molecule has 118 valence electrons. The second-order valence-electron chi connectivity index (χ2n) is 5.93. The Morgan fingerprint density at radius 3 is 2.79 bits per heavy atom. The van der Waals surface area contributed by atoms with E-state index in [4.69, 9.17) is 14.2 Å². The Kier molecular flexibility index (Phi) is 2.76. The first kappa shape index (κ1) is 13.4. The van der Waals surface area contributed by atoms with Gasteiger partial charge in [0.25, 0.3) is 0 Å². The molecule has 0 amide bonds. The molecule has 24 heavy (non-hydrogen) atoms. The van der Waals surface area contributed by atoms with Crippen molar-refractivity contribution >= 4 is 16.9 Å². The van der Waals surface area contributed by atoms with Crippen LogP contribution in [0.1, 0.15) is 23.5 Å². The lowest BCUT2D eigenvalue weighted by Crippen LogP contribution is -2.21. The molecule has 0 radical (unpaired) electrons. The van der Waals surface area contributed by atoms with Gasteiger partial charge in [0, 0.05) is 29.1 Å². The van der Waals surface area contributed by atoms with Crippen LogP contribution in [0, 0.1) is 0 Å². The maximum absolute atomic E-state index is 12.1. The van der Waals surface area contributed by atoms with Gasteiger partial charge in [0.05, 0.1) is 11.9 Å². The predicted molar refractivity (Wildman–Crippen MR) is 86.4 cm³/mol. The van der Waals surface area contributed by atoms with E-state index >= 15 is 0 Å². The molecule has 5 heteroatoms. The van der Waals surface area contributed by atoms with Crippen LogP contribution in [0.3, 0.4) is 0 Å². The minimum atomic E-state index is -0.238. The first-order valence-electron chi connectivity index (χ1n) is 7.77. The number of nitrogens with zero attached hydrogens (tertiary/aromatic N) is 1. The molecule has 0 fully saturated rings. The highest BCUT2D eigenvalue weighted by molar-refractivity contribution is 5.82. The molecule has 3 aromatic rings. The Balaban J connectivity index is 1.66. The Morgan fingerprint density at radius 1 is 1.00 bits per heavy atom. The number of pyridine rings is 1. The highest BCUT2D eigenvalue weighted by Gasteiger charge is 2.31. The van der Waals surface area contributed by atoms with E-state index in [1.54, 1.807) is 12.3 Å². The number of carbonyl (C=O) groups excluding carboxylic acids is 1. The summed E-state index contributed by atoms with van der Waals surface area (Å²) in [6, 6.07) is 13.7. The number of hydrogen-bond donors (Lipinski definition) is 0. The molecule has 0 bridgehead atoms. The summed E-state index contributed by atoms with van der Waals surface area (Å²) in [6.45, 7) is 0.193. The van der Waals surface area contributed by atoms with Crippen LogP contribution in [-0.2, 0) is 4.79 Å². The van der Waals surface area contributed by atoms with Gasteiger partial charge in [-0.25, -0.2) is 0 Å². The summed E-state index contributed by atoms with van der Waals surface area (Å²) in [5.41, 5.74) is 2.94. The fourth-order valence-electron chi connectivity index (χ4n) is 3.35. The molecule has 0 N–H and O–H groups in total. The number of aromatic nitrogens is 1. The highest BCUT2D eigenvalue weighted by atomic mass is 16.7. The van der Waals surface area contributed by atoms with Gasteiger partial charge in [-0.2, -0.15) is 0 Å². The summed E-state index contributed by atoms with van der Waals surface area (Å²) in [5, 5.41) is 1.05. The van der Waals surface area contributed by atoms with Crippen LogP contribution in [-0.4, -0.2) is 17.7 Å².